The van der Waals surface area contributed by atoms with Crippen molar-refractivity contribution in [1.29, 1.82) is 0 Å². The summed E-state index contributed by atoms with van der Waals surface area (Å²) >= 11 is 0. The van der Waals surface area contributed by atoms with Crippen molar-refractivity contribution < 1.29 is 62.7 Å². The molecule has 0 atom stereocenters. The molecule has 10 rings (SSSR count). The van der Waals surface area contributed by atoms with Crippen molar-refractivity contribution in [3.63, 3.8) is 0 Å². The van der Waals surface area contributed by atoms with Gasteiger partial charge in [-0.2, -0.15) is 21.6 Å². The quantitative estimate of drug-likeness (QED) is 0.0956. The van der Waals surface area contributed by atoms with Crippen molar-refractivity contribution in [2.75, 3.05) is 13.2 Å². The van der Waals surface area contributed by atoms with Gasteiger partial charge in [0.15, 0.2) is 0 Å². The van der Waals surface area contributed by atoms with Crippen molar-refractivity contribution in [3.8, 4) is 39.9 Å². The summed E-state index contributed by atoms with van der Waals surface area (Å²) < 4.78 is 113. The lowest BCUT2D eigenvalue weighted by Gasteiger charge is -2.32. The first-order chi connectivity index (χ1) is 29.4. The van der Waals surface area contributed by atoms with E-state index in [9.17, 15) is 21.6 Å². The maximum absolute atomic E-state index is 12.5. The molecule has 11 nitrogen and oxygen atoms in total. The summed E-state index contributed by atoms with van der Waals surface area (Å²) in [6.45, 7) is 19.3. The van der Waals surface area contributed by atoms with Gasteiger partial charge >= 0.3 is 29.9 Å². The van der Waals surface area contributed by atoms with Gasteiger partial charge in [0.05, 0.1) is 46.7 Å². The third kappa shape index (κ3) is 7.58. The lowest BCUT2D eigenvalue weighted by atomic mass is 9.78. The molecule has 2 fully saturated rings. The minimum absolute atomic E-state index is 0.194. The Bertz CT molecular complexity index is 2870. The smallest absolute Gasteiger partial charge is 0.492 e. The van der Waals surface area contributed by atoms with Gasteiger partial charge in [-0.3, -0.25) is 0 Å². The van der Waals surface area contributed by atoms with Crippen molar-refractivity contribution >= 4 is 57.2 Å². The third-order valence-electron chi connectivity index (χ3n) is 13.0. The van der Waals surface area contributed by atoms with Crippen molar-refractivity contribution in [1.82, 2.24) is 0 Å². The second-order valence-electron chi connectivity index (χ2n) is 18.3. The van der Waals surface area contributed by atoms with Crippen LogP contribution in [0.2, 0.25) is 0 Å². The molecule has 2 aromatic heterocycles. The standard InChI is InChI=1S/C28H34B2O6.C18H13F3O5S/c1-25(2)26(3,4)34-29(33-25)17-10-12-22-21(15-17)19-13-14-31-23-16-18(9-11-20(23)24(19)32-22)30-35-27(5,6)28(7,8)36-30;1-10-2-5-15-14(8-10)12-6-7-24-16-9-11(3-4-13(16)17(12)25-15)26-27(22,23)18(19,20)21/h9-12,15-16H,13-14H2,1-8H3;2-5,8-9H,6-7H2,1H3. The molecule has 17 heteroatoms. The van der Waals surface area contributed by atoms with E-state index in [2.05, 4.69) is 71.7 Å². The SMILES string of the molecule is CC1(C)OB(c2ccc3c(c2)OCCc2c-3oc3ccc(B4OC(C)(C)C(C)(C)O4)cc23)OC1(C)C.Cc1ccc2oc3c(c2c1)CCOc1cc(OS(=O)(=O)C(F)(F)F)ccc1-3. The molecule has 6 heterocycles. The normalized spacial score (nSPS) is 19.4. The maximum Gasteiger partial charge on any atom is 0.534 e. The fourth-order valence-electron chi connectivity index (χ4n) is 8.02. The summed E-state index contributed by atoms with van der Waals surface area (Å²) in [6, 6.07) is 21.8. The summed E-state index contributed by atoms with van der Waals surface area (Å²) in [5.74, 6) is 1.89. The topological polar surface area (TPSA) is 125 Å². The van der Waals surface area contributed by atoms with Crippen LogP contribution in [0.3, 0.4) is 0 Å². The van der Waals surface area contributed by atoms with E-state index in [4.69, 9.17) is 36.9 Å². The molecule has 0 saturated carbocycles. The molecule has 0 N–H and O–H groups in total. The maximum atomic E-state index is 12.5. The van der Waals surface area contributed by atoms with Crippen LogP contribution in [0.4, 0.5) is 13.2 Å². The van der Waals surface area contributed by atoms with E-state index < -0.39 is 46.8 Å². The van der Waals surface area contributed by atoms with Crippen LogP contribution in [0, 0.1) is 6.92 Å². The van der Waals surface area contributed by atoms with Gasteiger partial charge in [0.25, 0.3) is 0 Å². The number of halogens is 3. The Morgan fingerprint density at radius 1 is 0.587 bits per heavy atom. The second-order valence-corrected chi connectivity index (χ2v) is 19.9. The van der Waals surface area contributed by atoms with Crippen LogP contribution >= 0.6 is 0 Å². The Morgan fingerprint density at radius 2 is 1.03 bits per heavy atom. The molecule has 0 unspecified atom stereocenters. The fraction of sp³-hybridized carbons (Fsp3) is 0.391. The van der Waals surface area contributed by atoms with Crippen LogP contribution < -0.4 is 24.6 Å². The van der Waals surface area contributed by atoms with Crippen molar-refractivity contribution in [2.24, 2.45) is 0 Å². The number of ether oxygens (including phenoxy) is 2. The zero-order chi connectivity index (χ0) is 45.1. The van der Waals surface area contributed by atoms with Gasteiger partial charge in [0.2, 0.25) is 0 Å². The van der Waals surface area contributed by atoms with Gasteiger partial charge in [0.1, 0.15) is 39.9 Å². The van der Waals surface area contributed by atoms with Gasteiger partial charge < -0.3 is 41.1 Å². The van der Waals surface area contributed by atoms with E-state index in [1.165, 1.54) is 6.07 Å². The first kappa shape index (κ1) is 43.3. The molecule has 4 aromatic carbocycles. The summed E-state index contributed by atoms with van der Waals surface area (Å²) in [4.78, 5) is 0. The molecule has 0 spiro atoms. The van der Waals surface area contributed by atoms with E-state index in [1.54, 1.807) is 0 Å². The molecule has 4 aliphatic heterocycles. The Balaban J connectivity index is 0.000000167. The first-order valence-electron chi connectivity index (χ1n) is 20.8. The van der Waals surface area contributed by atoms with Crippen LogP contribution in [0.5, 0.6) is 17.2 Å². The molecule has 2 saturated heterocycles. The Morgan fingerprint density at radius 3 is 1.56 bits per heavy atom. The summed E-state index contributed by atoms with van der Waals surface area (Å²) in [5, 5.41) is 2.02. The third-order valence-corrected chi connectivity index (χ3v) is 13.9. The second kappa shape index (κ2) is 14.8. The van der Waals surface area contributed by atoms with E-state index in [-0.39, 0.29) is 23.6 Å². The van der Waals surface area contributed by atoms with Crippen molar-refractivity contribution in [2.45, 2.75) is 103 Å². The summed E-state index contributed by atoms with van der Waals surface area (Å²) in [5.41, 5.74) is 1.01. The van der Waals surface area contributed by atoms with E-state index in [0.29, 0.717) is 29.9 Å². The van der Waals surface area contributed by atoms with Gasteiger partial charge in [-0.15, -0.1) is 0 Å². The molecule has 0 amide bonds. The predicted molar refractivity (Wildman–Crippen MR) is 233 cm³/mol. The Labute approximate surface area is 364 Å². The lowest BCUT2D eigenvalue weighted by molar-refractivity contribution is -0.0500. The molecule has 0 radical (unpaired) electrons. The molecule has 6 aromatic rings. The predicted octanol–water partition coefficient (Wildman–Crippen LogP) is 9.20. The monoisotopic (exact) mass is 886 g/mol. The van der Waals surface area contributed by atoms with Crippen LogP contribution in [0.1, 0.15) is 72.1 Å². The number of aryl methyl sites for hydroxylation is 1. The molecular formula is C46H47B2F3O11S. The number of furan rings is 2. The summed E-state index contributed by atoms with van der Waals surface area (Å²) in [7, 11) is -6.61. The molecule has 4 aliphatic rings. The zero-order valence-electron chi connectivity index (χ0n) is 36.4. The van der Waals surface area contributed by atoms with Crippen LogP contribution in [0.25, 0.3) is 44.6 Å². The molecule has 0 aliphatic carbocycles. The number of benzene rings is 4. The molecule has 330 valence electrons. The fourth-order valence-corrected chi connectivity index (χ4v) is 8.47. The highest BCUT2D eigenvalue weighted by molar-refractivity contribution is 7.88. The Kier molecular flexibility index (Phi) is 10.2. The Hall–Kier alpha value is -4.93. The highest BCUT2D eigenvalue weighted by Crippen LogP contribution is 2.45. The zero-order valence-corrected chi connectivity index (χ0v) is 37.3. The van der Waals surface area contributed by atoms with Gasteiger partial charge in [-0.1, -0.05) is 29.8 Å². The van der Waals surface area contributed by atoms with E-state index in [0.717, 1.165) is 79.6 Å². The van der Waals surface area contributed by atoms with Gasteiger partial charge in [-0.25, -0.2) is 0 Å². The number of hydrogen-bond acceptors (Lipinski definition) is 11. The van der Waals surface area contributed by atoms with Gasteiger partial charge in [0, 0.05) is 40.8 Å². The summed E-state index contributed by atoms with van der Waals surface area (Å²) in [6.07, 6.45) is 1.28. The molecule has 63 heavy (non-hydrogen) atoms. The van der Waals surface area contributed by atoms with Crippen LogP contribution in [-0.2, 0) is 41.6 Å². The van der Waals surface area contributed by atoms with Crippen LogP contribution in [-0.4, -0.2) is 63.8 Å². The highest BCUT2D eigenvalue weighted by Gasteiger charge is 2.53. The largest absolute Gasteiger partial charge is 0.534 e. The lowest BCUT2D eigenvalue weighted by Crippen LogP contribution is -2.41. The number of alkyl halides is 3. The van der Waals surface area contributed by atoms with E-state index >= 15 is 0 Å². The first-order valence-corrected chi connectivity index (χ1v) is 22.2. The van der Waals surface area contributed by atoms with Gasteiger partial charge in [-0.05, 0) is 116 Å². The molecule has 0 bridgehead atoms. The average molecular weight is 887 g/mol. The minimum Gasteiger partial charge on any atom is -0.492 e. The van der Waals surface area contributed by atoms with Crippen molar-refractivity contribution in [3.05, 3.63) is 89.5 Å². The number of fused-ring (bicyclic) bond motifs is 10. The molecular weight excluding hydrogens is 839 g/mol. The highest BCUT2D eigenvalue weighted by atomic mass is 32.2. The minimum atomic E-state index is -5.75. The number of hydrogen-bond donors (Lipinski definition) is 0. The number of rotatable bonds is 4. The van der Waals surface area contributed by atoms with E-state index in [1.807, 2.05) is 49.4 Å². The average Bonchev–Trinajstić information content (AvgIpc) is 3.77. The van der Waals surface area contributed by atoms with Crippen LogP contribution in [0.15, 0.2) is 81.6 Å².